The van der Waals surface area contributed by atoms with E-state index in [1.54, 1.807) is 27.7 Å². The minimum Gasteiger partial charge on any atom is -0.462 e. The van der Waals surface area contributed by atoms with Crippen LogP contribution in [0.4, 0.5) is 0 Å². The maximum absolute atomic E-state index is 13.8. The summed E-state index contributed by atoms with van der Waals surface area (Å²) in [5, 5.41) is 18.6. The Hall–Kier alpha value is -2.04. The zero-order valence-corrected chi connectivity index (χ0v) is 27.5. The lowest BCUT2D eigenvalue weighted by molar-refractivity contribution is -0.161. The molecule has 42 heavy (non-hydrogen) atoms. The van der Waals surface area contributed by atoms with Gasteiger partial charge in [0.15, 0.2) is 5.78 Å². The number of amides is 1. The lowest BCUT2D eigenvalue weighted by Gasteiger charge is -2.32. The largest absolute Gasteiger partial charge is 0.462 e. The summed E-state index contributed by atoms with van der Waals surface area (Å²) in [5.41, 5.74) is 2.98. The summed E-state index contributed by atoms with van der Waals surface area (Å²) in [6, 6.07) is 0. The molecule has 0 rings (SSSR count). The van der Waals surface area contributed by atoms with Crippen LogP contribution in [0.2, 0.25) is 0 Å². The lowest BCUT2D eigenvalue weighted by Crippen LogP contribution is -2.41. The first-order chi connectivity index (χ1) is 19.5. The number of ether oxygens (including phenoxy) is 3. The fourth-order valence-corrected chi connectivity index (χ4v) is 4.90. The molecular formula is C32H59NO9. The first-order valence-corrected chi connectivity index (χ1v) is 15.6. The first kappa shape index (κ1) is 40.0. The van der Waals surface area contributed by atoms with E-state index in [9.17, 15) is 24.3 Å². The van der Waals surface area contributed by atoms with E-state index in [0.717, 1.165) is 6.42 Å². The van der Waals surface area contributed by atoms with Gasteiger partial charge in [0.25, 0.3) is 0 Å². The fraction of sp³-hybridized carbons (Fsp3) is 0.875. The molecule has 1 amide bonds. The van der Waals surface area contributed by atoms with Gasteiger partial charge >= 0.3 is 11.9 Å². The second kappa shape index (κ2) is 19.3. The van der Waals surface area contributed by atoms with Gasteiger partial charge in [-0.2, -0.15) is 0 Å². The Labute approximate surface area is 253 Å². The van der Waals surface area contributed by atoms with E-state index >= 15 is 0 Å². The molecule has 0 heterocycles. The van der Waals surface area contributed by atoms with Crippen LogP contribution in [0.3, 0.4) is 0 Å². The average molecular weight is 602 g/mol. The highest BCUT2D eigenvalue weighted by molar-refractivity contribution is 5.88. The van der Waals surface area contributed by atoms with Crippen LogP contribution in [-0.2, 0) is 33.4 Å². The quantitative estimate of drug-likeness (QED) is 0.134. The smallest absolute Gasteiger partial charge is 0.311 e. The Morgan fingerprint density at radius 1 is 0.857 bits per heavy atom. The van der Waals surface area contributed by atoms with Crippen LogP contribution < -0.4 is 5.73 Å². The number of aliphatic hydroxyl groups excluding tert-OH is 2. The van der Waals surface area contributed by atoms with Gasteiger partial charge in [0.05, 0.1) is 18.6 Å². The third-order valence-electron chi connectivity index (χ3n) is 8.13. The molecular weight excluding hydrogens is 542 g/mol. The van der Waals surface area contributed by atoms with Crippen LogP contribution in [0.15, 0.2) is 0 Å². The number of hydrogen-bond donors (Lipinski definition) is 3. The molecule has 4 atom stereocenters. The zero-order valence-electron chi connectivity index (χ0n) is 27.5. The molecule has 0 aliphatic heterocycles. The average Bonchev–Trinajstić information content (AvgIpc) is 2.92. The molecule has 0 aliphatic carbocycles. The summed E-state index contributed by atoms with van der Waals surface area (Å²) in [4.78, 5) is 50.2. The van der Waals surface area contributed by atoms with Crippen LogP contribution in [0, 0.1) is 17.3 Å². The maximum Gasteiger partial charge on any atom is 0.311 e. The van der Waals surface area contributed by atoms with Gasteiger partial charge in [0.1, 0.15) is 23.9 Å². The second-order valence-corrected chi connectivity index (χ2v) is 12.8. The number of Topliss-reactive ketones (excluding diaryl/α,β-unsaturated/α-hetero) is 1. The van der Waals surface area contributed by atoms with Crippen molar-refractivity contribution in [1.82, 2.24) is 0 Å². The number of hydrogen-bond acceptors (Lipinski definition) is 9. The Morgan fingerprint density at radius 2 is 1.45 bits per heavy atom. The van der Waals surface area contributed by atoms with Crippen LogP contribution in [0.25, 0.3) is 0 Å². The Bertz CT molecular complexity index is 842. The molecule has 10 heteroatoms. The van der Waals surface area contributed by atoms with Gasteiger partial charge < -0.3 is 30.2 Å². The molecule has 0 fully saturated rings. The third-order valence-corrected chi connectivity index (χ3v) is 8.13. The predicted molar refractivity (Wildman–Crippen MR) is 161 cm³/mol. The topological polar surface area (TPSA) is 162 Å². The highest BCUT2D eigenvalue weighted by Gasteiger charge is 2.37. The van der Waals surface area contributed by atoms with Gasteiger partial charge in [-0.1, -0.05) is 40.0 Å². The van der Waals surface area contributed by atoms with Crippen LogP contribution in [0.5, 0.6) is 0 Å². The number of esters is 2. The van der Waals surface area contributed by atoms with Crippen molar-refractivity contribution in [3.05, 3.63) is 0 Å². The minimum absolute atomic E-state index is 0.0520. The summed E-state index contributed by atoms with van der Waals surface area (Å²) < 4.78 is 16.8. The van der Waals surface area contributed by atoms with E-state index in [1.807, 2.05) is 27.7 Å². The van der Waals surface area contributed by atoms with Crippen LogP contribution in [-0.4, -0.2) is 71.0 Å². The van der Waals surface area contributed by atoms with Crippen molar-refractivity contribution >= 4 is 23.6 Å². The molecule has 0 aromatic heterocycles. The molecule has 0 saturated heterocycles. The van der Waals surface area contributed by atoms with Crippen LogP contribution in [0.1, 0.15) is 126 Å². The molecule has 4 unspecified atom stereocenters. The Morgan fingerprint density at radius 3 is 1.98 bits per heavy atom. The van der Waals surface area contributed by atoms with E-state index in [1.165, 1.54) is 0 Å². The molecule has 0 aromatic rings. The summed E-state index contributed by atoms with van der Waals surface area (Å²) in [7, 11) is 0. The van der Waals surface area contributed by atoms with Gasteiger partial charge in [-0.05, 0) is 73.1 Å². The number of rotatable bonds is 24. The normalized spacial score (nSPS) is 15.8. The maximum atomic E-state index is 13.8. The monoisotopic (exact) mass is 601 g/mol. The van der Waals surface area contributed by atoms with Crippen LogP contribution >= 0.6 is 0 Å². The lowest BCUT2D eigenvalue weighted by atomic mass is 9.78. The number of carbonyl (C=O) groups is 4. The summed E-state index contributed by atoms with van der Waals surface area (Å²) >= 11 is 0. The highest BCUT2D eigenvalue weighted by atomic mass is 16.6. The van der Waals surface area contributed by atoms with Gasteiger partial charge in [-0.3, -0.25) is 19.2 Å². The van der Waals surface area contributed by atoms with Crippen molar-refractivity contribution in [2.45, 2.75) is 143 Å². The first-order valence-electron chi connectivity index (χ1n) is 15.6. The number of nitrogens with two attached hydrogens (primary N) is 1. The Kier molecular flexibility index (Phi) is 18.3. The number of ketones is 1. The molecule has 0 radical (unpaired) electrons. The van der Waals surface area contributed by atoms with Crippen molar-refractivity contribution in [2.24, 2.45) is 23.0 Å². The fourth-order valence-electron chi connectivity index (χ4n) is 4.90. The number of primary amides is 1. The van der Waals surface area contributed by atoms with Crippen molar-refractivity contribution in [3.63, 3.8) is 0 Å². The minimum atomic E-state index is -1.12. The molecule has 246 valence electrons. The highest BCUT2D eigenvalue weighted by Crippen LogP contribution is 2.33. The molecule has 10 nitrogen and oxygen atoms in total. The summed E-state index contributed by atoms with van der Waals surface area (Å²) in [6.07, 6.45) is 5.10. The van der Waals surface area contributed by atoms with Crippen molar-refractivity contribution < 1.29 is 43.6 Å². The third kappa shape index (κ3) is 14.9. The van der Waals surface area contributed by atoms with E-state index < -0.39 is 35.3 Å². The summed E-state index contributed by atoms with van der Waals surface area (Å²) in [6.45, 7) is 14.0. The van der Waals surface area contributed by atoms with Gasteiger partial charge in [0.2, 0.25) is 5.91 Å². The molecule has 0 bridgehead atoms. The second-order valence-electron chi connectivity index (χ2n) is 12.8. The zero-order chi connectivity index (χ0) is 32.6. The van der Waals surface area contributed by atoms with Gasteiger partial charge in [-0.15, -0.1) is 0 Å². The molecule has 0 aromatic carbocycles. The predicted octanol–water partition coefficient (Wildman–Crippen LogP) is 4.64. The number of carbonyl (C=O) groups excluding carboxylic acids is 4. The summed E-state index contributed by atoms with van der Waals surface area (Å²) in [5.74, 6) is -1.69. The van der Waals surface area contributed by atoms with E-state index in [4.69, 9.17) is 25.1 Å². The van der Waals surface area contributed by atoms with E-state index in [2.05, 4.69) is 0 Å². The van der Waals surface area contributed by atoms with E-state index in [0.29, 0.717) is 57.8 Å². The van der Waals surface area contributed by atoms with E-state index in [-0.39, 0.29) is 49.1 Å². The SMILES string of the molecule is CCCC(CCCC(CCCC(C)(CC)C(=O)OCC(O)CO)C(=O)C(C)(C)OCCC(C)(C)OC(=O)CC)C(N)=O. The van der Waals surface area contributed by atoms with Crippen molar-refractivity contribution in [3.8, 4) is 0 Å². The van der Waals surface area contributed by atoms with Crippen molar-refractivity contribution in [2.75, 3.05) is 19.8 Å². The Balaban J connectivity index is 5.51. The molecule has 4 N–H and O–H groups in total. The standard InChI is InChI=1S/C32H59NO9/c1-9-14-24(28(33)38)16-12-15-23(17-13-18-32(8,11-3)29(39)40-22-25(35)21-34)27(37)31(6,7)41-20-19-30(4,5)42-26(36)10-2/h23-25,34-35H,9-22H2,1-8H3,(H2,33,38). The van der Waals surface area contributed by atoms with Gasteiger partial charge in [0, 0.05) is 24.7 Å². The van der Waals surface area contributed by atoms with Crippen molar-refractivity contribution in [1.29, 1.82) is 0 Å². The number of aliphatic hydroxyl groups is 2. The molecule has 0 saturated carbocycles. The molecule has 0 spiro atoms. The van der Waals surface area contributed by atoms with Gasteiger partial charge in [-0.25, -0.2) is 0 Å². The molecule has 0 aliphatic rings.